The molecule has 8 heteroatoms. The molecule has 1 atom stereocenters. The van der Waals surface area contributed by atoms with Crippen LogP contribution in [0, 0.1) is 6.92 Å². The molecule has 2 N–H and O–H groups in total. The number of aromatic nitrogens is 2. The van der Waals surface area contributed by atoms with E-state index in [0.717, 1.165) is 16.8 Å². The Morgan fingerprint density at radius 3 is 2.36 bits per heavy atom. The number of rotatable bonds is 4. The van der Waals surface area contributed by atoms with Crippen LogP contribution >= 0.6 is 23.2 Å². The maximum Gasteiger partial charge on any atom is 0.251 e. The molecule has 6 nitrogen and oxygen atoms in total. The van der Waals surface area contributed by atoms with E-state index < -0.39 is 6.04 Å². The average Bonchev–Trinajstić information content (AvgIpc) is 3.12. The molecule has 0 saturated carbocycles. The second kappa shape index (κ2) is 7.30. The van der Waals surface area contributed by atoms with E-state index in [4.69, 9.17) is 23.2 Å². The van der Waals surface area contributed by atoms with Gasteiger partial charge in [-0.05, 0) is 48.9 Å². The van der Waals surface area contributed by atoms with Gasteiger partial charge in [0.2, 0.25) is 5.91 Å². The van der Waals surface area contributed by atoms with Crippen molar-refractivity contribution in [2.75, 3.05) is 10.6 Å². The van der Waals surface area contributed by atoms with Gasteiger partial charge in [-0.3, -0.25) is 9.59 Å². The third kappa shape index (κ3) is 3.48. The van der Waals surface area contributed by atoms with Crippen LogP contribution in [0.2, 0.25) is 10.0 Å². The Morgan fingerprint density at radius 2 is 1.71 bits per heavy atom. The number of nitrogens with one attached hydrogen (secondary N) is 2. The zero-order chi connectivity index (χ0) is 19.8. The highest BCUT2D eigenvalue weighted by Gasteiger charge is 2.36. The molecule has 142 valence electrons. The summed E-state index contributed by atoms with van der Waals surface area (Å²) in [4.78, 5) is 24.9. The first-order valence-electron chi connectivity index (χ1n) is 8.63. The zero-order valence-corrected chi connectivity index (χ0v) is 16.4. The molecule has 0 aliphatic carbocycles. The van der Waals surface area contributed by atoms with Gasteiger partial charge < -0.3 is 10.6 Å². The number of amides is 2. The van der Waals surface area contributed by atoms with Gasteiger partial charge >= 0.3 is 0 Å². The second-order valence-electron chi connectivity index (χ2n) is 6.52. The summed E-state index contributed by atoms with van der Waals surface area (Å²) in [7, 11) is 0. The Morgan fingerprint density at radius 1 is 1.11 bits per heavy atom. The fourth-order valence-corrected chi connectivity index (χ4v) is 3.52. The maximum atomic E-state index is 12.5. The Kier molecular flexibility index (Phi) is 4.83. The molecule has 0 spiro atoms. The van der Waals surface area contributed by atoms with Gasteiger partial charge in [0, 0.05) is 21.3 Å². The Labute approximate surface area is 171 Å². The van der Waals surface area contributed by atoms with Crippen LogP contribution in [0.4, 0.5) is 11.5 Å². The molecule has 0 radical (unpaired) electrons. The van der Waals surface area contributed by atoms with Crippen molar-refractivity contribution in [1.82, 2.24) is 9.78 Å². The highest BCUT2D eigenvalue weighted by molar-refractivity contribution is 6.31. The molecule has 28 heavy (non-hydrogen) atoms. The van der Waals surface area contributed by atoms with Crippen molar-refractivity contribution >= 4 is 46.5 Å². The topological polar surface area (TPSA) is 76.0 Å². The number of nitrogens with zero attached hydrogens (tertiary/aromatic N) is 2. The molecule has 0 saturated heterocycles. The fourth-order valence-electron chi connectivity index (χ4n) is 3.27. The van der Waals surface area contributed by atoms with E-state index in [-0.39, 0.29) is 18.2 Å². The van der Waals surface area contributed by atoms with Crippen molar-refractivity contribution in [3.05, 3.63) is 64.3 Å². The first kappa shape index (κ1) is 18.5. The molecule has 0 bridgehead atoms. The number of fused-ring (bicyclic) bond motifs is 1. The molecule has 2 amide bonds. The number of aryl methyl sites for hydroxylation is 1. The van der Waals surface area contributed by atoms with Gasteiger partial charge in [0.05, 0.1) is 12.1 Å². The predicted molar refractivity (Wildman–Crippen MR) is 110 cm³/mol. The molecule has 2 heterocycles. The summed E-state index contributed by atoms with van der Waals surface area (Å²) in [5.74, 6) is 0.0506. The summed E-state index contributed by atoms with van der Waals surface area (Å²) in [6.07, 6.45) is -0.0252. The lowest BCUT2D eigenvalue weighted by atomic mass is 10.1. The van der Waals surface area contributed by atoms with Crippen LogP contribution in [0.15, 0.2) is 48.5 Å². The summed E-state index contributed by atoms with van der Waals surface area (Å²) in [5, 5.41) is 11.3. The number of halogens is 2. The van der Waals surface area contributed by atoms with Gasteiger partial charge in [-0.25, -0.2) is 4.68 Å². The SMILES string of the molecule is Cc1nn2c(c1-c1ccc(Cl)cc1)NC(=O)C2CC(=O)Nc1ccc(Cl)cc1. The van der Waals surface area contributed by atoms with Crippen LogP contribution in [-0.4, -0.2) is 21.6 Å². The van der Waals surface area contributed by atoms with E-state index in [1.165, 1.54) is 0 Å². The molecular weight excluding hydrogens is 399 g/mol. The average molecular weight is 415 g/mol. The van der Waals surface area contributed by atoms with E-state index in [2.05, 4.69) is 15.7 Å². The Hall–Kier alpha value is -2.83. The van der Waals surface area contributed by atoms with Crippen molar-refractivity contribution in [3.63, 3.8) is 0 Å². The number of hydrogen-bond donors (Lipinski definition) is 2. The molecule has 1 aliphatic heterocycles. The fraction of sp³-hybridized carbons (Fsp3) is 0.150. The van der Waals surface area contributed by atoms with Crippen LogP contribution in [0.5, 0.6) is 0 Å². The molecular formula is C20H16Cl2N4O2. The second-order valence-corrected chi connectivity index (χ2v) is 7.40. The van der Waals surface area contributed by atoms with E-state index in [9.17, 15) is 9.59 Å². The minimum absolute atomic E-state index is 0.0252. The number of hydrogen-bond acceptors (Lipinski definition) is 3. The van der Waals surface area contributed by atoms with Crippen molar-refractivity contribution in [2.45, 2.75) is 19.4 Å². The van der Waals surface area contributed by atoms with Crippen LogP contribution in [0.25, 0.3) is 11.1 Å². The molecule has 4 rings (SSSR count). The highest BCUT2D eigenvalue weighted by Crippen LogP contribution is 2.38. The van der Waals surface area contributed by atoms with E-state index in [0.29, 0.717) is 21.6 Å². The lowest BCUT2D eigenvalue weighted by Crippen LogP contribution is -2.23. The summed E-state index contributed by atoms with van der Waals surface area (Å²) >= 11 is 11.8. The van der Waals surface area contributed by atoms with Crippen molar-refractivity contribution in [1.29, 1.82) is 0 Å². The van der Waals surface area contributed by atoms with Gasteiger partial charge in [0.25, 0.3) is 5.91 Å². The number of carbonyl (C=O) groups is 2. The third-order valence-electron chi connectivity index (χ3n) is 4.56. The Balaban J connectivity index is 1.57. The Bertz CT molecular complexity index is 1060. The van der Waals surface area contributed by atoms with Crippen molar-refractivity contribution in [2.24, 2.45) is 0 Å². The molecule has 1 unspecified atom stereocenters. The summed E-state index contributed by atoms with van der Waals surface area (Å²) in [5.41, 5.74) is 3.10. The number of benzene rings is 2. The number of anilines is 2. The minimum Gasteiger partial charge on any atom is -0.326 e. The monoisotopic (exact) mass is 414 g/mol. The van der Waals surface area contributed by atoms with Gasteiger partial charge in [0.15, 0.2) is 0 Å². The first-order chi connectivity index (χ1) is 13.4. The van der Waals surface area contributed by atoms with Crippen molar-refractivity contribution < 1.29 is 9.59 Å². The normalized spacial score (nSPS) is 15.2. The van der Waals surface area contributed by atoms with Crippen LogP contribution in [0.1, 0.15) is 18.2 Å². The molecule has 2 aromatic carbocycles. The van der Waals surface area contributed by atoms with Crippen LogP contribution < -0.4 is 10.6 Å². The van der Waals surface area contributed by atoms with E-state index in [1.807, 2.05) is 19.1 Å². The van der Waals surface area contributed by atoms with Gasteiger partial charge in [0.1, 0.15) is 11.9 Å². The molecule has 3 aromatic rings. The standard InChI is InChI=1S/C20H16Cl2N4O2/c1-11-18(12-2-4-13(21)5-3-12)19-24-20(28)16(26(19)25-11)10-17(27)23-15-8-6-14(22)7-9-15/h2-9,16H,10H2,1H3,(H,23,27)(H,24,28). The molecule has 1 aromatic heterocycles. The van der Waals surface area contributed by atoms with Gasteiger partial charge in [-0.15, -0.1) is 0 Å². The first-order valence-corrected chi connectivity index (χ1v) is 9.39. The number of carbonyl (C=O) groups excluding carboxylic acids is 2. The van der Waals surface area contributed by atoms with Crippen molar-refractivity contribution in [3.8, 4) is 11.1 Å². The largest absolute Gasteiger partial charge is 0.326 e. The molecule has 0 fully saturated rings. The van der Waals surface area contributed by atoms with Crippen LogP contribution in [0.3, 0.4) is 0 Å². The minimum atomic E-state index is -0.706. The maximum absolute atomic E-state index is 12.5. The van der Waals surface area contributed by atoms with Crippen LogP contribution in [-0.2, 0) is 9.59 Å². The smallest absolute Gasteiger partial charge is 0.251 e. The summed E-state index contributed by atoms with van der Waals surface area (Å²) in [6.45, 7) is 1.87. The van der Waals surface area contributed by atoms with Gasteiger partial charge in [-0.1, -0.05) is 35.3 Å². The summed E-state index contributed by atoms with van der Waals surface area (Å²) < 4.78 is 1.59. The third-order valence-corrected chi connectivity index (χ3v) is 5.07. The van der Waals surface area contributed by atoms with E-state index >= 15 is 0 Å². The highest BCUT2D eigenvalue weighted by atomic mass is 35.5. The predicted octanol–water partition coefficient (Wildman–Crippen LogP) is 4.69. The lowest BCUT2D eigenvalue weighted by molar-refractivity contribution is -0.123. The summed E-state index contributed by atoms with van der Waals surface area (Å²) in [6, 6.07) is 13.4. The van der Waals surface area contributed by atoms with Gasteiger partial charge in [-0.2, -0.15) is 5.10 Å². The quantitative estimate of drug-likeness (QED) is 0.649. The zero-order valence-electron chi connectivity index (χ0n) is 14.9. The van der Waals surface area contributed by atoms with E-state index in [1.54, 1.807) is 41.1 Å². The lowest BCUT2D eigenvalue weighted by Gasteiger charge is -2.10. The molecule has 1 aliphatic rings.